The average molecular weight is 655 g/mol. The van der Waals surface area contributed by atoms with Gasteiger partial charge >= 0.3 is 0 Å². The van der Waals surface area contributed by atoms with E-state index in [0.29, 0.717) is 11.4 Å². The van der Waals surface area contributed by atoms with Gasteiger partial charge in [0, 0.05) is 71.8 Å². The number of hydrogen-bond acceptors (Lipinski definition) is 8. The van der Waals surface area contributed by atoms with E-state index in [1.165, 1.54) is 0 Å². The Bertz CT molecular complexity index is 2010. The van der Waals surface area contributed by atoms with E-state index in [4.69, 9.17) is 0 Å². The SMILES string of the molecule is O=C1C2C(C(=O)N1c1cc(-c3cccnc3)cc(-c3cccnc3)c1)C1C(=O)N(c3cc(-c4cccnc4)cc(-c4cccnc4)c3)C(=O)C21. The smallest absolute Gasteiger partial charge is 0.238 e. The van der Waals surface area contributed by atoms with E-state index in [1.807, 2.05) is 60.7 Å². The van der Waals surface area contributed by atoms with Crippen molar-refractivity contribution in [2.45, 2.75) is 0 Å². The summed E-state index contributed by atoms with van der Waals surface area (Å²) in [5, 5.41) is 0. The quantitative estimate of drug-likeness (QED) is 0.205. The molecule has 0 unspecified atom stereocenters. The molecule has 2 aliphatic heterocycles. The van der Waals surface area contributed by atoms with E-state index >= 15 is 0 Å². The molecule has 10 nitrogen and oxygen atoms in total. The Hall–Kier alpha value is -6.68. The number of pyridine rings is 4. The van der Waals surface area contributed by atoms with Gasteiger partial charge in [-0.3, -0.25) is 39.1 Å². The highest BCUT2D eigenvalue weighted by Gasteiger charge is 2.73. The summed E-state index contributed by atoms with van der Waals surface area (Å²) in [6.07, 6.45) is 13.5. The van der Waals surface area contributed by atoms with Crippen molar-refractivity contribution < 1.29 is 19.2 Å². The van der Waals surface area contributed by atoms with Crippen molar-refractivity contribution in [2.24, 2.45) is 23.7 Å². The molecular formula is C40H26N6O4. The lowest BCUT2D eigenvalue weighted by Crippen LogP contribution is -2.50. The molecular weight excluding hydrogens is 628 g/mol. The van der Waals surface area contributed by atoms with Crippen LogP contribution in [-0.2, 0) is 19.2 Å². The number of benzene rings is 2. The highest BCUT2D eigenvalue weighted by molar-refractivity contribution is 6.32. The van der Waals surface area contributed by atoms with Crippen LogP contribution in [0.1, 0.15) is 0 Å². The summed E-state index contributed by atoms with van der Waals surface area (Å²) in [6, 6.07) is 25.8. The standard InChI is InChI=1S/C40H26N6O4/c47-37-33-34(38(48)45(37)31-15-27(23-5-1-9-41-19-23)13-28(16-31)24-6-2-10-42-20-24)36-35(33)39(49)46(40(36)50)32-17-29(25-7-3-11-43-21-25)14-30(18-32)26-8-4-12-44-22-26/h1-22,33-36H. The number of imide groups is 2. The van der Waals surface area contributed by atoms with Gasteiger partial charge in [0.15, 0.2) is 0 Å². The third-order valence-electron chi connectivity index (χ3n) is 9.90. The summed E-state index contributed by atoms with van der Waals surface area (Å²) >= 11 is 0. The average Bonchev–Trinajstić information content (AvgIpc) is 3.49. The molecule has 4 aromatic heterocycles. The van der Waals surface area contributed by atoms with Crippen LogP contribution < -0.4 is 9.80 Å². The van der Waals surface area contributed by atoms with Crippen LogP contribution in [0.3, 0.4) is 0 Å². The van der Waals surface area contributed by atoms with Crippen LogP contribution in [0, 0.1) is 23.7 Å². The lowest BCUT2D eigenvalue weighted by molar-refractivity contribution is -0.146. The van der Waals surface area contributed by atoms with Gasteiger partial charge in [-0.2, -0.15) is 0 Å². The van der Waals surface area contributed by atoms with Gasteiger partial charge in [-0.25, -0.2) is 9.80 Å². The zero-order valence-corrected chi connectivity index (χ0v) is 26.3. The van der Waals surface area contributed by atoms with Crippen molar-refractivity contribution in [3.63, 3.8) is 0 Å². The van der Waals surface area contributed by atoms with Crippen LogP contribution in [0.4, 0.5) is 11.4 Å². The molecule has 4 amide bonds. The minimum absolute atomic E-state index is 0.370. The fourth-order valence-corrected chi connectivity index (χ4v) is 7.58. The van der Waals surface area contributed by atoms with Gasteiger partial charge in [-0.15, -0.1) is 0 Å². The molecule has 10 heteroatoms. The number of anilines is 2. The molecule has 0 bridgehead atoms. The van der Waals surface area contributed by atoms with E-state index < -0.39 is 47.3 Å². The number of aromatic nitrogens is 4. The normalized spacial score (nSPS) is 20.9. The second-order valence-electron chi connectivity index (χ2n) is 12.6. The van der Waals surface area contributed by atoms with Gasteiger partial charge in [-0.05, 0) is 82.9 Å². The zero-order chi connectivity index (χ0) is 33.9. The third-order valence-corrected chi connectivity index (χ3v) is 9.90. The molecule has 6 heterocycles. The number of fused-ring (bicyclic) bond motifs is 4. The Labute approximate surface area is 286 Å². The lowest BCUT2D eigenvalue weighted by atomic mass is 9.59. The Morgan fingerprint density at radius 3 is 0.840 bits per heavy atom. The molecule has 9 rings (SSSR count). The van der Waals surface area contributed by atoms with Crippen LogP contribution >= 0.6 is 0 Å². The zero-order valence-electron chi connectivity index (χ0n) is 26.3. The molecule has 3 fully saturated rings. The summed E-state index contributed by atoms with van der Waals surface area (Å²) in [5.74, 6) is -5.66. The number of amides is 4. The molecule has 6 aromatic rings. The molecule has 0 atom stereocenters. The maximum Gasteiger partial charge on any atom is 0.238 e. The Morgan fingerprint density at radius 2 is 0.620 bits per heavy atom. The van der Waals surface area contributed by atoms with Crippen LogP contribution in [0.5, 0.6) is 0 Å². The summed E-state index contributed by atoms with van der Waals surface area (Å²) < 4.78 is 0. The van der Waals surface area contributed by atoms with Crippen molar-refractivity contribution in [1.82, 2.24) is 19.9 Å². The Balaban J connectivity index is 1.08. The van der Waals surface area contributed by atoms with E-state index in [2.05, 4.69) is 19.9 Å². The Morgan fingerprint density at radius 1 is 0.360 bits per heavy atom. The largest absolute Gasteiger partial charge is 0.274 e. The summed E-state index contributed by atoms with van der Waals surface area (Å²) in [5.41, 5.74) is 6.98. The highest BCUT2D eigenvalue weighted by Crippen LogP contribution is 2.58. The lowest BCUT2D eigenvalue weighted by Gasteiger charge is -2.36. The van der Waals surface area contributed by atoms with Gasteiger partial charge < -0.3 is 0 Å². The summed E-state index contributed by atoms with van der Waals surface area (Å²) in [7, 11) is 0. The van der Waals surface area contributed by atoms with Crippen molar-refractivity contribution in [3.8, 4) is 44.5 Å². The monoisotopic (exact) mass is 654 g/mol. The van der Waals surface area contributed by atoms with E-state index in [9.17, 15) is 19.2 Å². The number of carbonyl (C=O) groups excluding carboxylic acids is 4. The van der Waals surface area contributed by atoms with Gasteiger partial charge in [0.05, 0.1) is 35.0 Å². The molecule has 240 valence electrons. The van der Waals surface area contributed by atoms with Crippen LogP contribution in [0.25, 0.3) is 44.5 Å². The number of nitrogens with zero attached hydrogens (tertiary/aromatic N) is 6. The predicted octanol–water partition coefficient (Wildman–Crippen LogP) is 5.86. The number of hydrogen-bond donors (Lipinski definition) is 0. The second kappa shape index (κ2) is 11.5. The molecule has 2 saturated heterocycles. The molecule has 1 saturated carbocycles. The minimum atomic E-state index is -0.933. The van der Waals surface area contributed by atoms with E-state index in [-0.39, 0.29) is 0 Å². The van der Waals surface area contributed by atoms with Crippen LogP contribution in [0.15, 0.2) is 135 Å². The molecule has 1 aliphatic carbocycles. The second-order valence-corrected chi connectivity index (χ2v) is 12.6. The fourth-order valence-electron chi connectivity index (χ4n) is 7.58. The molecule has 0 N–H and O–H groups in total. The molecule has 0 spiro atoms. The Kier molecular flexibility index (Phi) is 6.77. The van der Waals surface area contributed by atoms with Gasteiger partial charge in [0.25, 0.3) is 0 Å². The first-order valence-electron chi connectivity index (χ1n) is 16.2. The highest BCUT2D eigenvalue weighted by atomic mass is 16.2. The maximum atomic E-state index is 14.2. The topological polar surface area (TPSA) is 126 Å². The third kappa shape index (κ3) is 4.56. The number of carbonyl (C=O) groups is 4. The fraction of sp³-hybridized carbons (Fsp3) is 0.100. The first-order chi connectivity index (χ1) is 24.5. The molecule has 2 aromatic carbocycles. The molecule has 0 radical (unpaired) electrons. The molecule has 50 heavy (non-hydrogen) atoms. The van der Waals surface area contributed by atoms with Gasteiger partial charge in [0.2, 0.25) is 23.6 Å². The minimum Gasteiger partial charge on any atom is -0.274 e. The molecule has 3 aliphatic rings. The number of rotatable bonds is 6. The summed E-state index contributed by atoms with van der Waals surface area (Å²) in [6.45, 7) is 0. The van der Waals surface area contributed by atoms with Gasteiger partial charge in [-0.1, -0.05) is 24.3 Å². The van der Waals surface area contributed by atoms with E-state index in [1.54, 1.807) is 73.8 Å². The predicted molar refractivity (Wildman–Crippen MR) is 185 cm³/mol. The van der Waals surface area contributed by atoms with Gasteiger partial charge in [0.1, 0.15) is 0 Å². The summed E-state index contributed by atoms with van der Waals surface area (Å²) in [4.78, 5) is 76.0. The van der Waals surface area contributed by atoms with Crippen molar-refractivity contribution in [3.05, 3.63) is 135 Å². The van der Waals surface area contributed by atoms with Crippen molar-refractivity contribution in [1.29, 1.82) is 0 Å². The van der Waals surface area contributed by atoms with Crippen LogP contribution in [-0.4, -0.2) is 43.6 Å². The van der Waals surface area contributed by atoms with Crippen molar-refractivity contribution in [2.75, 3.05) is 9.80 Å². The first-order valence-corrected chi connectivity index (χ1v) is 16.2. The van der Waals surface area contributed by atoms with Crippen molar-refractivity contribution >= 4 is 35.0 Å². The maximum absolute atomic E-state index is 14.2. The van der Waals surface area contributed by atoms with E-state index in [0.717, 1.165) is 54.3 Å². The van der Waals surface area contributed by atoms with Crippen LogP contribution in [0.2, 0.25) is 0 Å². The first kappa shape index (κ1) is 29.5.